The monoisotopic (exact) mass is 484 g/mol. The molecule has 0 atom stereocenters. The van der Waals surface area contributed by atoms with Gasteiger partial charge in [-0.15, -0.1) is 0 Å². The zero-order valence-electron chi connectivity index (χ0n) is 13.0. The summed E-state index contributed by atoms with van der Waals surface area (Å²) >= 11 is 0. The molecule has 2 saturated carbocycles. The Hall–Kier alpha value is -0.125. The summed E-state index contributed by atoms with van der Waals surface area (Å²) in [6, 6.07) is 0. The number of hydrogen-bond acceptors (Lipinski definition) is 4. The molecule has 2 aliphatic carbocycles. The molecule has 0 heterocycles. The van der Waals surface area contributed by atoms with E-state index in [4.69, 9.17) is 0 Å². The first kappa shape index (κ1) is 20.9. The van der Waals surface area contributed by atoms with Gasteiger partial charge in [0.2, 0.25) is 0 Å². The average Bonchev–Trinajstić information content (AvgIpc) is 2.84. The Balaban J connectivity index is 0.000000364. The van der Waals surface area contributed by atoms with Crippen molar-refractivity contribution in [1.29, 1.82) is 0 Å². The molecule has 5 heteroatoms. The molecule has 21 heavy (non-hydrogen) atoms. The maximum Gasteiger partial charge on any atom is 2.00 e. The predicted octanol–water partition coefficient (Wildman–Crippen LogP) is 1.41. The van der Waals surface area contributed by atoms with Gasteiger partial charge in [-0.1, -0.05) is 51.4 Å². The number of rotatable bonds is 2. The van der Waals surface area contributed by atoms with E-state index in [1.54, 1.807) is 0 Å². The van der Waals surface area contributed by atoms with E-state index < -0.39 is 11.9 Å². The summed E-state index contributed by atoms with van der Waals surface area (Å²) in [5, 5.41) is 20.8. The molecular formula is C16H26HgO4. The van der Waals surface area contributed by atoms with Gasteiger partial charge in [-0.3, -0.25) is 0 Å². The molecule has 0 radical (unpaired) electrons. The number of carboxylic acid groups (broad SMARTS) is 2. The Kier molecular flexibility index (Phi) is 12.3. The molecule has 4 nitrogen and oxygen atoms in total. The first-order valence-electron chi connectivity index (χ1n) is 8.03. The van der Waals surface area contributed by atoms with E-state index in [-0.39, 0.29) is 39.5 Å². The van der Waals surface area contributed by atoms with E-state index in [1.807, 2.05) is 0 Å². The fourth-order valence-electron chi connectivity index (χ4n) is 3.03. The number of carbonyl (C=O) groups excluding carboxylic acids is 2. The smallest absolute Gasteiger partial charge is 0.550 e. The van der Waals surface area contributed by atoms with Gasteiger partial charge in [0.15, 0.2) is 0 Å². The van der Waals surface area contributed by atoms with Crippen LogP contribution in [0.25, 0.3) is 0 Å². The van der Waals surface area contributed by atoms with Crippen LogP contribution in [-0.2, 0) is 37.3 Å². The molecule has 0 spiro atoms. The molecule has 0 aromatic heterocycles. The van der Waals surface area contributed by atoms with Gasteiger partial charge in [0.25, 0.3) is 0 Å². The van der Waals surface area contributed by atoms with E-state index in [0.717, 1.165) is 51.4 Å². The average molecular weight is 483 g/mol. The summed E-state index contributed by atoms with van der Waals surface area (Å²) in [4.78, 5) is 20.8. The van der Waals surface area contributed by atoms with Crippen molar-refractivity contribution >= 4 is 11.9 Å². The third-order valence-electron chi connectivity index (χ3n) is 4.38. The van der Waals surface area contributed by atoms with Crippen LogP contribution in [0, 0.1) is 11.8 Å². The Morgan fingerprint density at radius 2 is 0.810 bits per heavy atom. The number of hydrogen-bond donors (Lipinski definition) is 0. The van der Waals surface area contributed by atoms with Gasteiger partial charge in [0.1, 0.15) is 0 Å². The molecule has 2 aliphatic rings. The molecular weight excluding hydrogens is 457 g/mol. The third-order valence-corrected chi connectivity index (χ3v) is 4.38. The molecule has 0 bridgehead atoms. The van der Waals surface area contributed by atoms with E-state index in [2.05, 4.69) is 0 Å². The molecule has 2 fully saturated rings. The fourth-order valence-corrected chi connectivity index (χ4v) is 3.03. The molecule has 0 amide bonds. The van der Waals surface area contributed by atoms with Crippen molar-refractivity contribution in [2.24, 2.45) is 11.8 Å². The van der Waals surface area contributed by atoms with Crippen LogP contribution < -0.4 is 10.2 Å². The molecule has 2 rings (SSSR count). The Labute approximate surface area is 148 Å². The van der Waals surface area contributed by atoms with E-state index in [1.165, 1.54) is 25.7 Å². The Morgan fingerprint density at radius 3 is 1.00 bits per heavy atom. The van der Waals surface area contributed by atoms with Crippen LogP contribution >= 0.6 is 0 Å². The molecule has 0 aromatic carbocycles. The maximum atomic E-state index is 10.4. The van der Waals surface area contributed by atoms with Crippen LogP contribution in [0.1, 0.15) is 77.0 Å². The number of carbonyl (C=O) groups is 2. The normalized spacial score (nSPS) is 21.0. The van der Waals surface area contributed by atoms with Crippen molar-refractivity contribution in [3.63, 3.8) is 0 Å². The Bertz CT molecular complexity index is 261. The van der Waals surface area contributed by atoms with Gasteiger partial charge in [-0.05, 0) is 37.5 Å². The van der Waals surface area contributed by atoms with Crippen molar-refractivity contribution in [2.75, 3.05) is 0 Å². The second-order valence-electron chi connectivity index (χ2n) is 6.02. The van der Waals surface area contributed by atoms with Gasteiger partial charge < -0.3 is 19.8 Å². The van der Waals surface area contributed by atoms with Gasteiger partial charge in [0, 0.05) is 11.9 Å². The summed E-state index contributed by atoms with van der Waals surface area (Å²) in [5.41, 5.74) is 0. The molecule has 0 unspecified atom stereocenters. The van der Waals surface area contributed by atoms with Gasteiger partial charge in [0.05, 0.1) is 0 Å². The zero-order valence-corrected chi connectivity index (χ0v) is 18.5. The SMILES string of the molecule is O=C([O-])C1CCCCCC1.O=C([O-])C1CCCCCC1.[Hg+2]. The summed E-state index contributed by atoms with van der Waals surface area (Å²) in [5.74, 6) is -1.99. The van der Waals surface area contributed by atoms with Crippen LogP contribution in [0.3, 0.4) is 0 Å². The predicted molar refractivity (Wildman–Crippen MR) is 72.4 cm³/mol. The van der Waals surface area contributed by atoms with Crippen LogP contribution in [-0.4, -0.2) is 11.9 Å². The zero-order chi connectivity index (χ0) is 14.8. The topological polar surface area (TPSA) is 80.3 Å². The van der Waals surface area contributed by atoms with E-state index in [9.17, 15) is 19.8 Å². The van der Waals surface area contributed by atoms with Crippen LogP contribution in [0.4, 0.5) is 0 Å². The second-order valence-corrected chi connectivity index (χ2v) is 6.02. The van der Waals surface area contributed by atoms with E-state index >= 15 is 0 Å². The number of aliphatic carboxylic acids is 2. The first-order valence-corrected chi connectivity index (χ1v) is 8.03. The summed E-state index contributed by atoms with van der Waals surface area (Å²) in [6.07, 6.45) is 12.4. The first-order chi connectivity index (χ1) is 9.61. The van der Waals surface area contributed by atoms with Crippen molar-refractivity contribution in [3.8, 4) is 0 Å². The van der Waals surface area contributed by atoms with Crippen molar-refractivity contribution in [1.82, 2.24) is 0 Å². The van der Waals surface area contributed by atoms with Crippen LogP contribution in [0.2, 0.25) is 0 Å². The Morgan fingerprint density at radius 1 is 0.571 bits per heavy atom. The van der Waals surface area contributed by atoms with Crippen molar-refractivity contribution < 1.29 is 47.5 Å². The minimum atomic E-state index is -0.845. The van der Waals surface area contributed by atoms with Gasteiger partial charge in [-0.25, -0.2) is 0 Å². The standard InChI is InChI=1S/2C8H14O2.Hg/c2*9-8(10)7-5-3-1-2-4-6-7;/h2*7H,1-6H2,(H,9,10);/q;;+2/p-2. The molecule has 116 valence electrons. The second kappa shape index (κ2) is 12.4. The van der Waals surface area contributed by atoms with Crippen molar-refractivity contribution in [2.45, 2.75) is 77.0 Å². The van der Waals surface area contributed by atoms with Crippen LogP contribution in [0.15, 0.2) is 0 Å². The summed E-state index contributed by atoms with van der Waals surface area (Å²) in [7, 11) is 0. The minimum Gasteiger partial charge on any atom is -0.550 e. The molecule has 0 aliphatic heterocycles. The molecule has 0 saturated heterocycles. The van der Waals surface area contributed by atoms with Gasteiger partial charge in [-0.2, -0.15) is 0 Å². The summed E-state index contributed by atoms with van der Waals surface area (Å²) < 4.78 is 0. The molecule has 0 N–H and O–H groups in total. The van der Waals surface area contributed by atoms with Crippen molar-refractivity contribution in [3.05, 3.63) is 0 Å². The minimum absolute atomic E-state index is 0. The maximum absolute atomic E-state index is 10.4. The largest absolute Gasteiger partial charge is 2.00 e. The fraction of sp³-hybridized carbons (Fsp3) is 0.875. The third kappa shape index (κ3) is 9.49. The van der Waals surface area contributed by atoms with Crippen LogP contribution in [0.5, 0.6) is 0 Å². The quantitative estimate of drug-likeness (QED) is 0.440. The summed E-state index contributed by atoms with van der Waals surface area (Å²) in [6.45, 7) is 0. The van der Waals surface area contributed by atoms with E-state index in [0.29, 0.717) is 0 Å². The number of carboxylic acids is 2. The van der Waals surface area contributed by atoms with Gasteiger partial charge >= 0.3 is 27.7 Å². The molecule has 0 aromatic rings.